The highest BCUT2D eigenvalue weighted by Gasteiger charge is 2.24. The van der Waals surface area contributed by atoms with E-state index in [2.05, 4.69) is 49.2 Å². The number of fused-ring (bicyclic) bond motifs is 4. The van der Waals surface area contributed by atoms with Gasteiger partial charge in [-0.05, 0) is 116 Å². The summed E-state index contributed by atoms with van der Waals surface area (Å²) in [5.74, 6) is -1.46. The molecule has 1 N–H and O–H groups in total. The number of pyridine rings is 3. The molecule has 0 saturated heterocycles. The van der Waals surface area contributed by atoms with Crippen molar-refractivity contribution in [2.45, 2.75) is 73.6 Å². The summed E-state index contributed by atoms with van der Waals surface area (Å²) >= 11 is 0. The van der Waals surface area contributed by atoms with E-state index < -0.39 is 17.8 Å². The molecule has 0 aliphatic carbocycles. The maximum atomic E-state index is 15.3. The maximum Gasteiger partial charge on any atom is 0.343 e. The number of carbonyl (C=O) groups is 3. The molecular formula is C66H65FN6O9. The number of aromatic amines is 1. The largest absolute Gasteiger partial charge is 0.465 e. The topological polar surface area (TPSA) is 186 Å². The molecule has 16 heteroatoms. The third-order valence-electron chi connectivity index (χ3n) is 15.1. The Morgan fingerprint density at radius 3 is 1.61 bits per heavy atom. The van der Waals surface area contributed by atoms with Crippen LogP contribution in [0.4, 0.5) is 4.39 Å². The number of rotatable bonds is 11. The van der Waals surface area contributed by atoms with E-state index in [1.165, 1.54) is 32.7 Å². The molecule has 0 fully saturated rings. The van der Waals surface area contributed by atoms with Crippen molar-refractivity contribution in [1.29, 1.82) is 0 Å². The van der Waals surface area contributed by atoms with Crippen LogP contribution in [-0.4, -0.2) is 60.6 Å². The second-order valence-corrected chi connectivity index (χ2v) is 20.8. The SMILES string of the molecule is C=C(C)c1ccc2c(c1)c(=O)c(C(=O)OC)c(C)n2C.COC(=O)c1c(C)n(C)c2ccc(C(C)C)cc2c1=O.Cc1c(C(=O)Cc2ccc(Oc3ncnc4[nH]cc(-c5ccccc5)c34)c(F)c2)c(=O)c2cc(C(C)C)ccc2n1C. The van der Waals surface area contributed by atoms with E-state index in [0.717, 1.165) is 49.9 Å². The van der Waals surface area contributed by atoms with Crippen LogP contribution in [0.15, 0.2) is 137 Å². The zero-order valence-corrected chi connectivity index (χ0v) is 48.3. The summed E-state index contributed by atoms with van der Waals surface area (Å²) in [5, 5.41) is 2.19. The highest BCUT2D eigenvalue weighted by Crippen LogP contribution is 2.36. The quantitative estimate of drug-likeness (QED) is 0.0959. The summed E-state index contributed by atoms with van der Waals surface area (Å²) in [7, 11) is 8.07. The normalized spacial score (nSPS) is 11.2. The third-order valence-corrected chi connectivity index (χ3v) is 15.1. The molecule has 0 unspecified atom stereocenters. The molecule has 10 aromatic rings. The van der Waals surface area contributed by atoms with Gasteiger partial charge < -0.3 is 32.9 Å². The van der Waals surface area contributed by atoms with Crippen molar-refractivity contribution in [1.82, 2.24) is 28.7 Å². The molecule has 0 aliphatic rings. The van der Waals surface area contributed by atoms with Crippen molar-refractivity contribution in [3.05, 3.63) is 215 Å². The number of H-pyrrole nitrogens is 1. The first-order valence-corrected chi connectivity index (χ1v) is 26.6. The molecular weight excluding hydrogens is 1040 g/mol. The number of halogens is 1. The molecule has 15 nitrogen and oxygen atoms in total. The molecule has 82 heavy (non-hydrogen) atoms. The summed E-state index contributed by atoms with van der Waals surface area (Å²) in [6.07, 6.45) is 3.04. The molecule has 0 atom stereocenters. The lowest BCUT2D eigenvalue weighted by atomic mass is 9.96. The van der Waals surface area contributed by atoms with E-state index >= 15 is 4.39 Å². The Balaban J connectivity index is 0.000000183. The molecule has 0 bridgehead atoms. The summed E-state index contributed by atoms with van der Waals surface area (Å²) in [4.78, 5) is 87.4. The summed E-state index contributed by atoms with van der Waals surface area (Å²) in [6.45, 7) is 19.3. The number of hydrogen-bond acceptors (Lipinski definition) is 11. The number of aromatic nitrogens is 6. The van der Waals surface area contributed by atoms with Gasteiger partial charge in [-0.25, -0.2) is 23.9 Å². The summed E-state index contributed by atoms with van der Waals surface area (Å²) in [6, 6.07) is 31.2. The van der Waals surface area contributed by atoms with Gasteiger partial charge >= 0.3 is 11.9 Å². The number of hydrogen-bond donors (Lipinski definition) is 1. The van der Waals surface area contributed by atoms with Gasteiger partial charge in [-0.2, -0.15) is 0 Å². The highest BCUT2D eigenvalue weighted by atomic mass is 19.1. The van der Waals surface area contributed by atoms with Crippen LogP contribution in [0.1, 0.15) is 117 Å². The van der Waals surface area contributed by atoms with Gasteiger partial charge in [-0.15, -0.1) is 0 Å². The Hall–Kier alpha value is -9.57. The number of methoxy groups -OCH3 is 2. The Morgan fingerprint density at radius 1 is 0.634 bits per heavy atom. The first-order valence-electron chi connectivity index (χ1n) is 26.6. The zero-order valence-electron chi connectivity index (χ0n) is 48.3. The third kappa shape index (κ3) is 11.3. The molecule has 0 radical (unpaired) electrons. The van der Waals surface area contributed by atoms with Crippen molar-refractivity contribution in [2.75, 3.05) is 14.2 Å². The van der Waals surface area contributed by atoms with Gasteiger partial charge in [0.05, 0.1) is 41.7 Å². The fourth-order valence-electron chi connectivity index (χ4n) is 9.98. The first-order chi connectivity index (χ1) is 39.0. The van der Waals surface area contributed by atoms with Crippen molar-refractivity contribution >= 4 is 67.0 Å². The predicted molar refractivity (Wildman–Crippen MR) is 321 cm³/mol. The second-order valence-electron chi connectivity index (χ2n) is 20.8. The van der Waals surface area contributed by atoms with Gasteiger partial charge in [0, 0.05) is 72.6 Å². The lowest BCUT2D eigenvalue weighted by Gasteiger charge is -2.15. The fourth-order valence-corrected chi connectivity index (χ4v) is 9.98. The number of nitrogens with zero attached hydrogens (tertiary/aromatic N) is 5. The molecule has 5 aromatic carbocycles. The van der Waals surface area contributed by atoms with Gasteiger partial charge in [0.15, 0.2) is 22.8 Å². The van der Waals surface area contributed by atoms with Crippen molar-refractivity contribution < 1.29 is 33.0 Å². The monoisotopic (exact) mass is 1100 g/mol. The van der Waals surface area contributed by atoms with Gasteiger partial charge in [0.2, 0.25) is 16.7 Å². The van der Waals surface area contributed by atoms with Crippen LogP contribution in [0.2, 0.25) is 0 Å². The van der Waals surface area contributed by atoms with E-state index in [0.29, 0.717) is 55.8 Å². The number of carbonyl (C=O) groups excluding carboxylic acids is 3. The second kappa shape index (κ2) is 24.0. The van der Waals surface area contributed by atoms with Gasteiger partial charge in [-0.3, -0.25) is 19.2 Å². The van der Waals surface area contributed by atoms with Crippen LogP contribution in [-0.2, 0) is 37.0 Å². The molecule has 0 spiro atoms. The number of esters is 2. The van der Waals surface area contributed by atoms with Gasteiger partial charge in [-0.1, -0.05) is 94.4 Å². The Bertz CT molecular complexity index is 4400. The van der Waals surface area contributed by atoms with Crippen LogP contribution in [0.3, 0.4) is 0 Å². The minimum Gasteiger partial charge on any atom is -0.465 e. The molecule has 0 saturated carbocycles. The van der Waals surface area contributed by atoms with Crippen molar-refractivity contribution in [2.24, 2.45) is 21.1 Å². The number of Topliss-reactive ketones (excluding diaryl/α,β-unsaturated/α-hetero) is 1. The highest BCUT2D eigenvalue weighted by molar-refractivity contribution is 6.02. The standard InChI is InChI=1S/C34H29FN4O3.C16H19NO3.C16H17NO3/c1-19(2)23-11-12-27-24(16-23)32(41)30(20(3)39(27)4)28(40)15-21-10-13-29(26(35)14-21)42-34-31-25(22-8-6-5-7-9-22)17-36-33(31)37-18-38-34;2*1-9(2)11-6-7-13-12(8-11)15(18)14(16(19)20-5)10(3)17(13)4/h5-14,16-19H,15H2,1-4H3,(H,36,37,38);6-9H,1-5H3;6-8H,1H2,2-5H3. The Labute approximate surface area is 473 Å². The predicted octanol–water partition coefficient (Wildman–Crippen LogP) is 12.7. The Morgan fingerprint density at radius 2 is 1.12 bits per heavy atom. The smallest absolute Gasteiger partial charge is 0.343 e. The first kappa shape index (κ1) is 58.6. The van der Waals surface area contributed by atoms with E-state index in [9.17, 15) is 28.8 Å². The molecule has 5 heterocycles. The number of aryl methyl sites for hydroxylation is 3. The lowest BCUT2D eigenvalue weighted by molar-refractivity contribution is 0.0588. The number of allylic oxidation sites excluding steroid dienone is 1. The minimum atomic E-state index is -0.645. The fraction of sp³-hybridized carbons (Fsp3) is 0.242. The molecule has 0 amide bonds. The van der Waals surface area contributed by atoms with Gasteiger partial charge in [0.25, 0.3) is 0 Å². The summed E-state index contributed by atoms with van der Waals surface area (Å²) in [5.41, 5.74) is 10.2. The van der Waals surface area contributed by atoms with Crippen molar-refractivity contribution in [3.63, 3.8) is 0 Å². The maximum absolute atomic E-state index is 15.3. The average molecular weight is 1110 g/mol. The van der Waals surface area contributed by atoms with Crippen LogP contribution >= 0.6 is 0 Å². The van der Waals surface area contributed by atoms with Gasteiger partial charge in [0.1, 0.15) is 23.1 Å². The molecule has 0 aliphatic heterocycles. The average Bonchev–Trinajstić information content (AvgIpc) is 3.97. The van der Waals surface area contributed by atoms with Crippen LogP contribution < -0.4 is 21.0 Å². The Kier molecular flexibility index (Phi) is 17.2. The van der Waals surface area contributed by atoms with E-state index in [1.54, 1.807) is 32.9 Å². The van der Waals surface area contributed by atoms with Crippen LogP contribution in [0.5, 0.6) is 11.6 Å². The number of benzene rings is 5. The van der Waals surface area contributed by atoms with E-state index in [1.807, 2.05) is 127 Å². The number of ketones is 1. The number of ether oxygens (including phenoxy) is 3. The van der Waals surface area contributed by atoms with Crippen LogP contribution in [0, 0.1) is 26.6 Å². The number of nitrogens with one attached hydrogen (secondary N) is 1. The van der Waals surface area contributed by atoms with Crippen LogP contribution in [0.25, 0.3) is 60.4 Å². The zero-order chi connectivity index (χ0) is 59.6. The van der Waals surface area contributed by atoms with E-state index in [-0.39, 0.29) is 62.7 Å². The van der Waals surface area contributed by atoms with Crippen molar-refractivity contribution in [3.8, 4) is 22.8 Å². The summed E-state index contributed by atoms with van der Waals surface area (Å²) < 4.78 is 36.2. The molecule has 5 aromatic heterocycles. The van der Waals surface area contributed by atoms with E-state index in [4.69, 9.17) is 14.2 Å². The lowest BCUT2D eigenvalue weighted by Crippen LogP contribution is -2.23. The minimum absolute atomic E-state index is 0.0366. The molecule has 420 valence electrons. The molecule has 10 rings (SSSR count).